The molecule has 0 saturated carbocycles. The minimum absolute atomic E-state index is 0.0661. The molecule has 4 nitrogen and oxygen atoms in total. The zero-order valence-electron chi connectivity index (χ0n) is 12.0. The monoisotopic (exact) mass is 270 g/mol. The lowest BCUT2D eigenvalue weighted by Crippen LogP contribution is -2.49. The number of hydrazine groups is 1. The molecule has 1 unspecified atom stereocenters. The van der Waals surface area contributed by atoms with Crippen LogP contribution in [0.2, 0.25) is 0 Å². The molecule has 0 saturated heterocycles. The molecular weight excluding hydrogens is 248 g/mol. The van der Waals surface area contributed by atoms with Crippen LogP contribution in [0, 0.1) is 0 Å². The molecule has 0 bridgehead atoms. The van der Waals surface area contributed by atoms with E-state index in [0.717, 1.165) is 17.7 Å². The number of nitrogens with two attached hydrogens (primary N) is 2. The number of benzene rings is 1. The number of aromatic nitrogens is 1. The molecule has 0 aliphatic carbocycles. The maximum Gasteiger partial charge on any atom is 0.0378 e. The van der Waals surface area contributed by atoms with Gasteiger partial charge in [0.15, 0.2) is 0 Å². The first-order valence-electron chi connectivity index (χ1n) is 6.75. The first-order valence-corrected chi connectivity index (χ1v) is 6.75. The largest absolute Gasteiger partial charge is 0.398 e. The summed E-state index contributed by atoms with van der Waals surface area (Å²) in [5, 5.41) is 0. The molecule has 2 aromatic rings. The minimum atomic E-state index is -0.113. The molecule has 0 aliphatic heterocycles. The van der Waals surface area contributed by atoms with Crippen molar-refractivity contribution < 1.29 is 0 Å². The van der Waals surface area contributed by atoms with Gasteiger partial charge in [-0.1, -0.05) is 44.2 Å². The van der Waals surface area contributed by atoms with Crippen molar-refractivity contribution in [2.75, 3.05) is 5.73 Å². The van der Waals surface area contributed by atoms with Crippen molar-refractivity contribution in [2.24, 2.45) is 5.84 Å². The van der Waals surface area contributed by atoms with Crippen molar-refractivity contribution in [3.05, 3.63) is 59.9 Å². The second-order valence-electron chi connectivity index (χ2n) is 5.59. The Kier molecular flexibility index (Phi) is 4.37. The van der Waals surface area contributed by atoms with Gasteiger partial charge in [0.05, 0.1) is 0 Å². The molecule has 0 spiro atoms. The molecule has 0 amide bonds. The molecule has 4 heteroatoms. The summed E-state index contributed by atoms with van der Waals surface area (Å²) in [5.74, 6) is 5.78. The van der Waals surface area contributed by atoms with E-state index in [-0.39, 0.29) is 11.5 Å². The summed E-state index contributed by atoms with van der Waals surface area (Å²) in [4.78, 5) is 4.14. The Balaban J connectivity index is 2.26. The van der Waals surface area contributed by atoms with Crippen molar-refractivity contribution >= 4 is 5.69 Å². The summed E-state index contributed by atoms with van der Waals surface area (Å²) >= 11 is 0. The Morgan fingerprint density at radius 1 is 1.20 bits per heavy atom. The molecule has 1 aromatic carbocycles. The minimum Gasteiger partial charge on any atom is -0.398 e. The zero-order chi connectivity index (χ0) is 14.6. The predicted molar refractivity (Wildman–Crippen MR) is 82.9 cm³/mol. The number of nitrogens with one attached hydrogen (secondary N) is 1. The van der Waals surface area contributed by atoms with Crippen LogP contribution >= 0.6 is 0 Å². The van der Waals surface area contributed by atoms with Gasteiger partial charge in [0.2, 0.25) is 0 Å². The second kappa shape index (κ2) is 6.03. The molecule has 5 N–H and O–H groups in total. The van der Waals surface area contributed by atoms with Crippen molar-refractivity contribution in [2.45, 2.75) is 31.7 Å². The number of nitrogen functional groups attached to an aromatic ring is 1. The normalized spacial score (nSPS) is 13.2. The molecule has 1 heterocycles. The van der Waals surface area contributed by atoms with Gasteiger partial charge in [-0.3, -0.25) is 16.3 Å². The van der Waals surface area contributed by atoms with Crippen LogP contribution in [0.3, 0.4) is 0 Å². The number of pyridine rings is 1. The number of anilines is 1. The van der Waals surface area contributed by atoms with Crippen LogP contribution < -0.4 is 17.0 Å². The van der Waals surface area contributed by atoms with Crippen LogP contribution in [-0.2, 0) is 11.8 Å². The lowest BCUT2D eigenvalue weighted by molar-refractivity contribution is 0.342. The maximum atomic E-state index is 6.00. The highest BCUT2D eigenvalue weighted by Crippen LogP contribution is 2.29. The Morgan fingerprint density at radius 3 is 2.50 bits per heavy atom. The summed E-state index contributed by atoms with van der Waals surface area (Å²) in [7, 11) is 0. The summed E-state index contributed by atoms with van der Waals surface area (Å²) < 4.78 is 0. The SMILES string of the molecule is CC(C)(c1ccccc1)C(Cc1cnccc1N)NN. The Labute approximate surface area is 120 Å². The van der Waals surface area contributed by atoms with Gasteiger partial charge in [0.1, 0.15) is 0 Å². The van der Waals surface area contributed by atoms with Crippen LogP contribution in [-0.4, -0.2) is 11.0 Å². The van der Waals surface area contributed by atoms with E-state index in [1.54, 1.807) is 12.4 Å². The van der Waals surface area contributed by atoms with Gasteiger partial charge in [-0.15, -0.1) is 0 Å². The third-order valence-corrected chi connectivity index (χ3v) is 3.96. The van der Waals surface area contributed by atoms with E-state index in [9.17, 15) is 0 Å². The number of hydrogen-bond donors (Lipinski definition) is 3. The van der Waals surface area contributed by atoms with Crippen molar-refractivity contribution in [3.63, 3.8) is 0 Å². The Hall–Kier alpha value is -1.91. The predicted octanol–water partition coefficient (Wildman–Crippen LogP) is 2.02. The van der Waals surface area contributed by atoms with Gasteiger partial charge in [-0.05, 0) is 23.6 Å². The van der Waals surface area contributed by atoms with E-state index in [2.05, 4.69) is 36.4 Å². The summed E-state index contributed by atoms with van der Waals surface area (Å²) in [6, 6.07) is 12.2. The molecule has 2 rings (SSSR count). The van der Waals surface area contributed by atoms with E-state index in [1.165, 1.54) is 5.56 Å². The molecular formula is C16H22N4. The fourth-order valence-corrected chi connectivity index (χ4v) is 2.42. The van der Waals surface area contributed by atoms with Gasteiger partial charge in [-0.25, -0.2) is 0 Å². The highest BCUT2D eigenvalue weighted by molar-refractivity contribution is 5.45. The van der Waals surface area contributed by atoms with Crippen molar-refractivity contribution in [1.82, 2.24) is 10.4 Å². The molecule has 106 valence electrons. The molecule has 20 heavy (non-hydrogen) atoms. The standard InChI is InChI=1S/C16H22N4/c1-16(2,13-6-4-3-5-7-13)15(20-18)10-12-11-19-9-8-14(12)17/h3-9,11,15,20H,10,18H2,1-2H3,(H2,17,19). The first-order chi connectivity index (χ1) is 9.55. The average molecular weight is 270 g/mol. The second-order valence-corrected chi connectivity index (χ2v) is 5.59. The average Bonchev–Trinajstić information content (AvgIpc) is 2.47. The maximum absolute atomic E-state index is 6.00. The van der Waals surface area contributed by atoms with E-state index < -0.39 is 0 Å². The van der Waals surface area contributed by atoms with Crippen LogP contribution in [0.5, 0.6) is 0 Å². The highest BCUT2D eigenvalue weighted by atomic mass is 15.2. The Bertz CT molecular complexity index is 551. The first kappa shape index (κ1) is 14.5. The van der Waals surface area contributed by atoms with Crippen LogP contribution in [0.1, 0.15) is 25.0 Å². The van der Waals surface area contributed by atoms with Gasteiger partial charge in [0.25, 0.3) is 0 Å². The van der Waals surface area contributed by atoms with Gasteiger partial charge < -0.3 is 5.73 Å². The summed E-state index contributed by atoms with van der Waals surface area (Å²) in [6.07, 6.45) is 4.24. The van der Waals surface area contributed by atoms with Gasteiger partial charge >= 0.3 is 0 Å². The van der Waals surface area contributed by atoms with Crippen LogP contribution in [0.15, 0.2) is 48.8 Å². The van der Waals surface area contributed by atoms with E-state index >= 15 is 0 Å². The molecule has 0 aliphatic rings. The lowest BCUT2D eigenvalue weighted by atomic mass is 9.75. The molecule has 0 radical (unpaired) electrons. The number of hydrogen-bond acceptors (Lipinski definition) is 4. The smallest absolute Gasteiger partial charge is 0.0378 e. The fraction of sp³-hybridized carbons (Fsp3) is 0.312. The molecule has 0 fully saturated rings. The third kappa shape index (κ3) is 2.98. The molecule has 1 aromatic heterocycles. The van der Waals surface area contributed by atoms with Crippen molar-refractivity contribution in [1.29, 1.82) is 0 Å². The van der Waals surface area contributed by atoms with Gasteiger partial charge in [0, 0.05) is 29.5 Å². The van der Waals surface area contributed by atoms with Crippen LogP contribution in [0.25, 0.3) is 0 Å². The molecule has 1 atom stereocenters. The number of rotatable bonds is 5. The Morgan fingerprint density at radius 2 is 1.90 bits per heavy atom. The van der Waals surface area contributed by atoms with E-state index in [4.69, 9.17) is 11.6 Å². The highest BCUT2D eigenvalue weighted by Gasteiger charge is 2.31. The lowest BCUT2D eigenvalue weighted by Gasteiger charge is -2.34. The number of nitrogens with zero attached hydrogens (tertiary/aromatic N) is 1. The quantitative estimate of drug-likeness (QED) is 0.574. The summed E-state index contributed by atoms with van der Waals surface area (Å²) in [6.45, 7) is 4.36. The van der Waals surface area contributed by atoms with Crippen LogP contribution in [0.4, 0.5) is 5.69 Å². The fourth-order valence-electron chi connectivity index (χ4n) is 2.42. The third-order valence-electron chi connectivity index (χ3n) is 3.96. The van der Waals surface area contributed by atoms with E-state index in [0.29, 0.717) is 0 Å². The topological polar surface area (TPSA) is 77.0 Å². The van der Waals surface area contributed by atoms with Crippen molar-refractivity contribution in [3.8, 4) is 0 Å². The zero-order valence-corrected chi connectivity index (χ0v) is 12.0. The summed E-state index contributed by atoms with van der Waals surface area (Å²) in [5.41, 5.74) is 11.8. The van der Waals surface area contributed by atoms with E-state index in [1.807, 2.05) is 24.3 Å². The van der Waals surface area contributed by atoms with Gasteiger partial charge in [-0.2, -0.15) is 0 Å².